The summed E-state index contributed by atoms with van der Waals surface area (Å²) in [7, 11) is 0. The molecule has 3 aromatic rings. The fraction of sp³-hybridized carbons (Fsp3) is 0.409. The molecule has 1 aliphatic carbocycles. The summed E-state index contributed by atoms with van der Waals surface area (Å²) in [5, 5.41) is 6.99. The quantitative estimate of drug-likeness (QED) is 0.564. The Morgan fingerprint density at radius 1 is 1.43 bits per heavy atom. The molecule has 8 heteroatoms. The van der Waals surface area contributed by atoms with Crippen molar-refractivity contribution in [3.8, 4) is 11.3 Å². The molecule has 1 fully saturated rings. The summed E-state index contributed by atoms with van der Waals surface area (Å²) in [5.74, 6) is -3.85. The second kappa shape index (κ2) is 9.47. The number of amides is 1. The third kappa shape index (κ3) is 4.43. The molecule has 1 atom stereocenters. The van der Waals surface area contributed by atoms with Crippen LogP contribution in [-0.2, 0) is 0 Å². The summed E-state index contributed by atoms with van der Waals surface area (Å²) in [5.41, 5.74) is 2.24. The lowest BCUT2D eigenvalue weighted by Crippen LogP contribution is -2.40. The number of fused-ring (bicyclic) bond motifs is 1. The maximum atomic E-state index is 14.0. The third-order valence-corrected chi connectivity index (χ3v) is 6.27. The van der Waals surface area contributed by atoms with E-state index in [1.165, 1.54) is 11.3 Å². The first-order chi connectivity index (χ1) is 14.5. The fourth-order valence-corrected chi connectivity index (χ4v) is 4.54. The fourth-order valence-electron chi connectivity index (χ4n) is 3.60. The maximum absolute atomic E-state index is 14.0. The van der Waals surface area contributed by atoms with E-state index in [1.807, 2.05) is 19.9 Å². The largest absolute Gasteiger partial charge is 0.351 e. The van der Waals surface area contributed by atoms with E-state index in [4.69, 9.17) is 0 Å². The van der Waals surface area contributed by atoms with Gasteiger partial charge in [-0.2, -0.15) is 5.10 Å². The normalized spacial score (nSPS) is 17.8. The summed E-state index contributed by atoms with van der Waals surface area (Å²) in [6.45, 7) is 7.81. The molecule has 160 valence electrons. The van der Waals surface area contributed by atoms with Crippen LogP contribution in [0.1, 0.15) is 54.1 Å². The minimum atomic E-state index is -2.71. The summed E-state index contributed by atoms with van der Waals surface area (Å²) in [6.07, 6.45) is 6.70. The summed E-state index contributed by atoms with van der Waals surface area (Å²) in [4.78, 5) is 18.2. The topological polar surface area (TPSA) is 59.3 Å². The van der Waals surface area contributed by atoms with Gasteiger partial charge in [0.2, 0.25) is 0 Å². The van der Waals surface area contributed by atoms with Gasteiger partial charge < -0.3 is 5.32 Å². The van der Waals surface area contributed by atoms with E-state index in [0.29, 0.717) is 23.4 Å². The molecular weight excluding hydrogens is 406 g/mol. The molecule has 0 saturated heterocycles. The summed E-state index contributed by atoms with van der Waals surface area (Å²) < 4.78 is 29.7. The van der Waals surface area contributed by atoms with Crippen molar-refractivity contribution in [2.75, 3.05) is 6.54 Å². The molecule has 3 aromatic heterocycles. The van der Waals surface area contributed by atoms with Crippen molar-refractivity contribution in [1.29, 1.82) is 0 Å². The first-order valence-corrected chi connectivity index (χ1v) is 11.0. The Kier molecular flexibility index (Phi) is 6.97. The molecule has 1 saturated carbocycles. The highest BCUT2D eigenvalue weighted by Crippen LogP contribution is 2.38. The zero-order valence-corrected chi connectivity index (χ0v) is 18.0. The van der Waals surface area contributed by atoms with Crippen LogP contribution in [0.5, 0.6) is 0 Å². The van der Waals surface area contributed by atoms with E-state index in [1.54, 1.807) is 35.1 Å². The standard InChI is InChI=1S/C20H20F2N4OS.C2H6/c1-2-16-14(15-12-23-18-7-5-9-25-26(15)18)10-17(28-16)19(27)24-11-13-6-3-4-8-20(13,21)22;1-2/h2,5,7,9-10,12-13H,1,3-4,6,8,11H2,(H,24,27);1-2H3. The van der Waals surface area contributed by atoms with Crippen molar-refractivity contribution in [3.63, 3.8) is 0 Å². The van der Waals surface area contributed by atoms with E-state index in [0.717, 1.165) is 22.6 Å². The molecule has 4 rings (SSSR count). The third-order valence-electron chi connectivity index (χ3n) is 5.14. The number of nitrogens with zero attached hydrogens (tertiary/aromatic N) is 3. The minimum Gasteiger partial charge on any atom is -0.351 e. The minimum absolute atomic E-state index is 0.0142. The smallest absolute Gasteiger partial charge is 0.261 e. The molecular formula is C22H26F2N4OS. The monoisotopic (exact) mass is 432 g/mol. The van der Waals surface area contributed by atoms with Crippen LogP contribution in [0, 0.1) is 5.92 Å². The van der Waals surface area contributed by atoms with E-state index in [2.05, 4.69) is 22.0 Å². The van der Waals surface area contributed by atoms with E-state index < -0.39 is 11.8 Å². The van der Waals surface area contributed by atoms with Crippen LogP contribution in [0.2, 0.25) is 0 Å². The van der Waals surface area contributed by atoms with Crippen molar-refractivity contribution >= 4 is 29.0 Å². The zero-order chi connectivity index (χ0) is 21.7. The number of aromatic nitrogens is 3. The van der Waals surface area contributed by atoms with Crippen LogP contribution in [0.25, 0.3) is 23.0 Å². The number of nitrogens with one attached hydrogen (secondary N) is 1. The molecule has 0 bridgehead atoms. The number of hydrogen-bond acceptors (Lipinski definition) is 4. The number of halogens is 2. The summed E-state index contributed by atoms with van der Waals surface area (Å²) in [6, 6.07) is 5.39. The predicted octanol–water partition coefficient (Wildman–Crippen LogP) is 5.68. The molecule has 1 amide bonds. The molecule has 0 aromatic carbocycles. The Balaban J connectivity index is 0.00000124. The molecule has 1 unspecified atom stereocenters. The number of carbonyl (C=O) groups excluding carboxylic acids is 1. The van der Waals surface area contributed by atoms with Crippen LogP contribution in [0.4, 0.5) is 8.78 Å². The predicted molar refractivity (Wildman–Crippen MR) is 117 cm³/mol. The lowest BCUT2D eigenvalue weighted by molar-refractivity contribution is -0.0834. The van der Waals surface area contributed by atoms with Gasteiger partial charge >= 0.3 is 0 Å². The number of rotatable bonds is 5. The molecule has 0 radical (unpaired) electrons. The first kappa shape index (κ1) is 22.1. The molecule has 1 aliphatic rings. The van der Waals surface area contributed by atoms with E-state index in [9.17, 15) is 13.6 Å². The van der Waals surface area contributed by atoms with Gasteiger partial charge in [0, 0.05) is 35.5 Å². The maximum Gasteiger partial charge on any atom is 0.261 e. The second-order valence-electron chi connectivity index (χ2n) is 6.94. The zero-order valence-electron chi connectivity index (χ0n) is 17.2. The highest BCUT2D eigenvalue weighted by atomic mass is 32.1. The number of alkyl halides is 2. The average Bonchev–Trinajstić information content (AvgIpc) is 3.37. The Hall–Kier alpha value is -2.61. The van der Waals surface area contributed by atoms with Crippen molar-refractivity contribution in [2.45, 2.75) is 45.5 Å². The second-order valence-corrected chi connectivity index (χ2v) is 8.03. The van der Waals surface area contributed by atoms with Gasteiger partial charge in [-0.3, -0.25) is 4.79 Å². The van der Waals surface area contributed by atoms with Gasteiger partial charge in [0.15, 0.2) is 5.65 Å². The van der Waals surface area contributed by atoms with Gasteiger partial charge in [-0.1, -0.05) is 32.9 Å². The van der Waals surface area contributed by atoms with Gasteiger partial charge in [-0.05, 0) is 31.0 Å². The number of thiophene rings is 1. The van der Waals surface area contributed by atoms with Gasteiger partial charge in [-0.15, -0.1) is 11.3 Å². The Labute approximate surface area is 178 Å². The van der Waals surface area contributed by atoms with Crippen LogP contribution in [0.15, 0.2) is 37.2 Å². The molecule has 0 aliphatic heterocycles. The number of imidazole rings is 1. The van der Waals surface area contributed by atoms with E-state index in [-0.39, 0.29) is 18.9 Å². The molecule has 0 spiro atoms. The first-order valence-electron chi connectivity index (χ1n) is 10.2. The van der Waals surface area contributed by atoms with Crippen LogP contribution in [0.3, 0.4) is 0 Å². The molecule has 3 heterocycles. The Morgan fingerprint density at radius 3 is 2.97 bits per heavy atom. The summed E-state index contributed by atoms with van der Waals surface area (Å²) >= 11 is 1.27. The lowest BCUT2D eigenvalue weighted by Gasteiger charge is -2.31. The molecule has 1 N–H and O–H groups in total. The van der Waals surface area contributed by atoms with Crippen LogP contribution < -0.4 is 5.32 Å². The Bertz CT molecular complexity index is 1030. The molecule has 30 heavy (non-hydrogen) atoms. The SMILES string of the molecule is C=Cc1sc(C(=O)NCC2CCCCC2(F)F)cc1-c1cnc2cccnn12.CC. The van der Waals surface area contributed by atoms with E-state index >= 15 is 0 Å². The molecule has 5 nitrogen and oxygen atoms in total. The number of carbonyl (C=O) groups is 1. The van der Waals surface area contributed by atoms with Crippen LogP contribution in [-0.4, -0.2) is 33.0 Å². The van der Waals surface area contributed by atoms with Crippen molar-refractivity contribution < 1.29 is 13.6 Å². The Morgan fingerprint density at radius 2 is 2.23 bits per heavy atom. The highest BCUT2D eigenvalue weighted by Gasteiger charge is 2.41. The van der Waals surface area contributed by atoms with Crippen molar-refractivity contribution in [2.24, 2.45) is 5.92 Å². The van der Waals surface area contributed by atoms with Gasteiger partial charge in [0.1, 0.15) is 0 Å². The van der Waals surface area contributed by atoms with Crippen LogP contribution >= 0.6 is 11.3 Å². The number of hydrogen-bond donors (Lipinski definition) is 1. The highest BCUT2D eigenvalue weighted by molar-refractivity contribution is 7.15. The average molecular weight is 433 g/mol. The van der Waals surface area contributed by atoms with Gasteiger partial charge in [0.25, 0.3) is 11.8 Å². The van der Waals surface area contributed by atoms with Gasteiger partial charge in [-0.25, -0.2) is 18.3 Å². The van der Waals surface area contributed by atoms with Gasteiger partial charge in [0.05, 0.1) is 16.8 Å². The van der Waals surface area contributed by atoms with Crippen molar-refractivity contribution in [3.05, 3.63) is 46.9 Å². The lowest BCUT2D eigenvalue weighted by atomic mass is 9.85. The van der Waals surface area contributed by atoms with Crippen molar-refractivity contribution in [1.82, 2.24) is 19.9 Å².